The first-order valence-electron chi connectivity index (χ1n) is 0.795. The zero-order chi connectivity index (χ0) is 4.28. The third-order valence-electron chi connectivity index (χ3n) is 0.0745. The molecule has 0 spiro atoms. The number of hydrogen-bond acceptors (Lipinski definition) is 4. The molecule has 1 N–H and O–H groups in total. The Bertz CT molecular complexity index is 42.8. The van der Waals surface area contributed by atoms with Gasteiger partial charge in [-0.3, -0.25) is 0 Å². The van der Waals surface area contributed by atoms with Crippen molar-refractivity contribution in [2.45, 2.75) is 0 Å². The zero-order valence-electron chi connectivity index (χ0n) is 3.17. The van der Waals surface area contributed by atoms with Gasteiger partial charge in [0.1, 0.15) is 0 Å². The molecule has 0 unspecified atom stereocenters. The molecule has 6 heavy (non-hydrogen) atoms. The Balaban J connectivity index is 0. The summed E-state index contributed by atoms with van der Waals surface area (Å²) in [5.41, 5.74) is 0. The van der Waals surface area contributed by atoms with E-state index in [0.29, 0.717) is 0 Å². The second-order valence-electron chi connectivity index (χ2n) is 0.341. The Labute approximate surface area is 64.5 Å². The fourth-order valence-electron chi connectivity index (χ4n) is 0. The molecule has 0 heterocycles. The van der Waals surface area contributed by atoms with E-state index >= 15 is 0 Å². The van der Waals surface area contributed by atoms with Crippen molar-refractivity contribution in [2.75, 3.05) is 0 Å². The van der Waals surface area contributed by atoms with Crippen LogP contribution in [0.3, 0.4) is 0 Å². The van der Waals surface area contributed by atoms with Gasteiger partial charge in [-0.05, 0) is 0 Å². The maximum absolute atomic E-state index is 9.06. The van der Waals surface area contributed by atoms with E-state index in [2.05, 4.69) is 3.22 Å². The minimum absolute atomic E-state index is 0. The van der Waals surface area contributed by atoms with Gasteiger partial charge in [-0.15, -0.1) is 0 Å². The third kappa shape index (κ3) is 9.08. The summed E-state index contributed by atoms with van der Waals surface area (Å²) in [5.74, 6) is 0. The molecular weight excluding hydrogens is 206 g/mol. The van der Waals surface area contributed by atoms with Crippen molar-refractivity contribution in [3.63, 3.8) is 0 Å². The van der Waals surface area contributed by atoms with Crippen LogP contribution in [0.15, 0.2) is 0 Å². The van der Waals surface area contributed by atoms with E-state index in [1.165, 1.54) is 0 Å². The van der Waals surface area contributed by atoms with Gasteiger partial charge < -0.3 is 0 Å². The van der Waals surface area contributed by atoms with Crippen molar-refractivity contribution < 1.29 is 44.6 Å². The molecule has 0 aliphatic carbocycles. The summed E-state index contributed by atoms with van der Waals surface area (Å²) >= 11 is -4.02. The summed E-state index contributed by atoms with van der Waals surface area (Å²) in [5, 5.41) is 7.11. The van der Waals surface area contributed by atoms with Gasteiger partial charge in [0, 0.05) is 0 Å². The molecule has 0 saturated carbocycles. The first-order chi connectivity index (χ1) is 2.27. The molecule has 0 fully saturated rings. The van der Waals surface area contributed by atoms with Crippen LogP contribution in [0.5, 0.6) is 0 Å². The Kier molecular flexibility index (Phi) is 11.3. The van der Waals surface area contributed by atoms with Crippen LogP contribution in [0.4, 0.5) is 0 Å². The topological polar surface area (TPSA) is 69.6 Å². The third-order valence-corrected chi connectivity index (χ3v) is 0.500. The van der Waals surface area contributed by atoms with E-state index in [1.807, 2.05) is 0 Å². The van der Waals surface area contributed by atoms with Crippen LogP contribution in [0.2, 0.25) is 0 Å². The molecule has 0 amide bonds. The van der Waals surface area contributed by atoms with E-state index in [-0.39, 0.29) is 29.6 Å². The Hall–Kier alpha value is 1.48. The van der Waals surface area contributed by atoms with Gasteiger partial charge in [0.05, 0.1) is 0 Å². The molecule has 0 aromatic rings. The Morgan fingerprint density at radius 1 is 1.83 bits per heavy atom. The van der Waals surface area contributed by atoms with E-state index in [1.54, 1.807) is 0 Å². The van der Waals surface area contributed by atoms with Crippen LogP contribution in [0.25, 0.3) is 0 Å². The average Bonchev–Trinajstić information content (AvgIpc) is 1.38. The summed E-state index contributed by atoms with van der Waals surface area (Å²) in [6, 6.07) is 0. The number of hydrogen-bond donors (Lipinski definition) is 1. The molecule has 6 heteroatoms. The minimum atomic E-state index is -4.02. The van der Waals surface area contributed by atoms with Crippen LogP contribution < -0.4 is 33.0 Å². The van der Waals surface area contributed by atoms with Gasteiger partial charge in [-0.1, -0.05) is 0 Å². The van der Waals surface area contributed by atoms with Gasteiger partial charge in [-0.25, -0.2) is 0 Å². The molecular formula is HNaO4Sn. The van der Waals surface area contributed by atoms with Gasteiger partial charge >= 0.3 is 65.1 Å². The second-order valence-corrected chi connectivity index (χ2v) is 2.29. The molecule has 0 bridgehead atoms. The van der Waals surface area contributed by atoms with Gasteiger partial charge in [0.15, 0.2) is 0 Å². The van der Waals surface area contributed by atoms with E-state index in [9.17, 15) is 0 Å². The van der Waals surface area contributed by atoms with Crippen LogP contribution in [-0.4, -0.2) is 25.8 Å². The van der Waals surface area contributed by atoms with Crippen molar-refractivity contribution >= 4 is 20.6 Å². The SMILES string of the molecule is [Na+].[O]=[Sn]([O-])[O]O. The fraction of sp³-hybridized carbons (Fsp3) is 0. The molecule has 0 aliphatic rings. The van der Waals surface area contributed by atoms with Crippen molar-refractivity contribution in [3.8, 4) is 0 Å². The van der Waals surface area contributed by atoms with E-state index in [4.69, 9.17) is 11.8 Å². The molecule has 0 aromatic heterocycles. The monoisotopic (exact) mass is 208 g/mol. The standard InChI is InChI=1S/Na.H2O2.2O.Sn/c;1-2;;;/h;1-2H;;;/q+1;;;-1;+1/p-1. The molecule has 0 aliphatic heterocycles. The van der Waals surface area contributed by atoms with Crippen molar-refractivity contribution in [3.05, 3.63) is 0 Å². The molecule has 0 aromatic carbocycles. The Morgan fingerprint density at radius 3 is 2.00 bits per heavy atom. The maximum atomic E-state index is 9.06. The van der Waals surface area contributed by atoms with Crippen LogP contribution in [0.1, 0.15) is 0 Å². The van der Waals surface area contributed by atoms with Gasteiger partial charge in [-0.2, -0.15) is 0 Å². The molecule has 0 saturated heterocycles. The normalized spacial score (nSPS) is 6.33. The summed E-state index contributed by atoms with van der Waals surface area (Å²) < 4.78 is 21.0. The van der Waals surface area contributed by atoms with Crippen molar-refractivity contribution in [2.24, 2.45) is 0 Å². The summed E-state index contributed by atoms with van der Waals surface area (Å²) in [6.07, 6.45) is 0. The zero-order valence-corrected chi connectivity index (χ0v) is 8.03. The van der Waals surface area contributed by atoms with Gasteiger partial charge in [0.2, 0.25) is 0 Å². The fourth-order valence-corrected chi connectivity index (χ4v) is 0. The first kappa shape index (κ1) is 10.5. The van der Waals surface area contributed by atoms with Crippen molar-refractivity contribution in [1.82, 2.24) is 0 Å². The first-order valence-corrected chi connectivity index (χ1v) is 4.29. The van der Waals surface area contributed by atoms with Crippen LogP contribution in [-0.2, 0) is 6.30 Å². The average molecular weight is 207 g/mol. The van der Waals surface area contributed by atoms with Gasteiger partial charge in [0.25, 0.3) is 0 Å². The second kappa shape index (κ2) is 6.48. The molecule has 0 rings (SSSR count). The number of rotatable bonds is 1. The summed E-state index contributed by atoms with van der Waals surface area (Å²) in [6.45, 7) is 0. The summed E-state index contributed by atoms with van der Waals surface area (Å²) in [7, 11) is 0. The quantitative estimate of drug-likeness (QED) is 0.266. The molecule has 0 radical (unpaired) electrons. The van der Waals surface area contributed by atoms with Crippen LogP contribution >= 0.6 is 0 Å². The predicted octanol–water partition coefficient (Wildman–Crippen LogP) is -4.74. The predicted molar refractivity (Wildman–Crippen MR) is 10.2 cm³/mol. The van der Waals surface area contributed by atoms with Crippen molar-refractivity contribution in [1.29, 1.82) is 0 Å². The molecule has 0 atom stereocenters. The van der Waals surface area contributed by atoms with E-state index in [0.717, 1.165) is 0 Å². The molecule has 30 valence electrons. The summed E-state index contributed by atoms with van der Waals surface area (Å²) in [4.78, 5) is 0. The molecule has 4 nitrogen and oxygen atoms in total. The van der Waals surface area contributed by atoms with Crippen LogP contribution in [0, 0.1) is 0 Å². The van der Waals surface area contributed by atoms with E-state index < -0.39 is 20.6 Å². The Morgan fingerprint density at radius 2 is 2.00 bits per heavy atom.